The van der Waals surface area contributed by atoms with Crippen LogP contribution < -0.4 is 10.4 Å². The van der Waals surface area contributed by atoms with Crippen LogP contribution in [0.5, 0.6) is 0 Å². The van der Waals surface area contributed by atoms with Crippen molar-refractivity contribution in [1.29, 1.82) is 0 Å². The highest BCUT2D eigenvalue weighted by molar-refractivity contribution is 7.93. The third-order valence-electron chi connectivity index (χ3n) is 5.47. The number of fused-ring (bicyclic) bond motifs is 1. The number of carbonyl (C=O) groups is 2. The molecule has 0 bridgehead atoms. The molecule has 2 aromatic carbocycles. The number of amides is 2. The number of carbonyl (C=O) groups excluding carboxylic acids is 2. The number of sulfone groups is 1. The zero-order valence-corrected chi connectivity index (χ0v) is 15.2. The van der Waals surface area contributed by atoms with Gasteiger partial charge in [-0.1, -0.05) is 18.2 Å². The quantitative estimate of drug-likeness (QED) is 0.604. The lowest BCUT2D eigenvalue weighted by Crippen LogP contribution is -2.49. The second kappa shape index (κ2) is 6.17. The van der Waals surface area contributed by atoms with Crippen molar-refractivity contribution in [3.8, 4) is 0 Å². The van der Waals surface area contributed by atoms with Gasteiger partial charge in [0.1, 0.15) is 0 Å². The third-order valence-corrected chi connectivity index (χ3v) is 8.06. The number of para-hydroxylation sites is 1. The van der Waals surface area contributed by atoms with Crippen molar-refractivity contribution in [2.45, 2.75) is 28.9 Å². The Morgan fingerprint density at radius 3 is 2.56 bits per heavy atom. The summed E-state index contributed by atoms with van der Waals surface area (Å²) in [5.74, 6) is -1.10. The van der Waals surface area contributed by atoms with Crippen molar-refractivity contribution in [2.75, 3.05) is 11.4 Å². The number of hydrogen-bond donors (Lipinski definition) is 2. The second-order valence-electron chi connectivity index (χ2n) is 6.80. The zero-order chi connectivity index (χ0) is 19.2. The van der Waals surface area contributed by atoms with E-state index in [-0.39, 0.29) is 23.3 Å². The summed E-state index contributed by atoms with van der Waals surface area (Å²) < 4.78 is 25.3. The molecule has 2 aliphatic heterocycles. The first-order valence-electron chi connectivity index (χ1n) is 8.60. The molecule has 1 saturated heterocycles. The standard InChI is InChI=1S/C19H18N2O5S/c22-17(20-24)14-6-7-16-13(12-14)8-9-19(27(16,25)26)10-11-21(18(19)23)15-4-2-1-3-5-15/h1-7,12,24H,8-11H2,(H,20,22). The van der Waals surface area contributed by atoms with Crippen molar-refractivity contribution in [3.63, 3.8) is 0 Å². The number of aryl methyl sites for hydroxylation is 1. The van der Waals surface area contributed by atoms with E-state index in [1.807, 2.05) is 18.2 Å². The Labute approximate surface area is 156 Å². The topological polar surface area (TPSA) is 104 Å². The maximum Gasteiger partial charge on any atom is 0.274 e. The fourth-order valence-electron chi connectivity index (χ4n) is 4.01. The summed E-state index contributed by atoms with van der Waals surface area (Å²) in [5, 5.41) is 8.77. The van der Waals surface area contributed by atoms with Gasteiger partial charge in [-0.2, -0.15) is 0 Å². The SMILES string of the molecule is O=C(NO)c1ccc2c(c1)CCC1(CCN(c3ccccc3)C1=O)S2(=O)=O. The minimum atomic E-state index is -3.91. The molecule has 2 aliphatic rings. The van der Waals surface area contributed by atoms with Crippen molar-refractivity contribution in [3.05, 3.63) is 59.7 Å². The zero-order valence-electron chi connectivity index (χ0n) is 14.4. The van der Waals surface area contributed by atoms with Crippen LogP contribution in [-0.2, 0) is 21.1 Å². The van der Waals surface area contributed by atoms with E-state index in [0.717, 1.165) is 0 Å². The summed E-state index contributed by atoms with van der Waals surface area (Å²) in [6.45, 7) is 0.350. The van der Waals surface area contributed by atoms with E-state index in [0.29, 0.717) is 24.2 Å². The molecule has 2 aromatic rings. The lowest BCUT2D eigenvalue weighted by molar-refractivity contribution is -0.119. The Kier molecular flexibility index (Phi) is 4.05. The maximum absolute atomic E-state index is 13.4. The lowest BCUT2D eigenvalue weighted by Gasteiger charge is -2.33. The van der Waals surface area contributed by atoms with Crippen LogP contribution in [0.1, 0.15) is 28.8 Å². The van der Waals surface area contributed by atoms with Crippen molar-refractivity contribution in [2.24, 2.45) is 0 Å². The number of hydroxylamine groups is 1. The number of hydrogen-bond acceptors (Lipinski definition) is 5. The molecular formula is C19H18N2O5S. The fraction of sp³-hybridized carbons (Fsp3) is 0.263. The summed E-state index contributed by atoms with van der Waals surface area (Å²) in [4.78, 5) is 26.4. The van der Waals surface area contributed by atoms with Crippen LogP contribution in [0.25, 0.3) is 0 Å². The number of benzene rings is 2. The van der Waals surface area contributed by atoms with Crippen molar-refractivity contribution < 1.29 is 23.2 Å². The van der Waals surface area contributed by atoms with E-state index in [1.165, 1.54) is 28.6 Å². The molecule has 0 aromatic heterocycles. The largest absolute Gasteiger partial charge is 0.311 e. The molecule has 0 aliphatic carbocycles. The molecule has 1 spiro atoms. The average molecular weight is 386 g/mol. The highest BCUT2D eigenvalue weighted by Gasteiger charge is 2.58. The van der Waals surface area contributed by atoms with Crippen LogP contribution in [0.2, 0.25) is 0 Å². The Morgan fingerprint density at radius 1 is 1.11 bits per heavy atom. The van der Waals surface area contributed by atoms with Gasteiger partial charge in [-0.05, 0) is 55.2 Å². The van der Waals surface area contributed by atoms with E-state index in [2.05, 4.69) is 0 Å². The molecule has 2 N–H and O–H groups in total. The first-order chi connectivity index (χ1) is 12.9. The predicted molar refractivity (Wildman–Crippen MR) is 97.3 cm³/mol. The van der Waals surface area contributed by atoms with E-state index < -0.39 is 26.4 Å². The van der Waals surface area contributed by atoms with E-state index in [4.69, 9.17) is 5.21 Å². The first-order valence-corrected chi connectivity index (χ1v) is 10.1. The Hall–Kier alpha value is -2.71. The van der Waals surface area contributed by atoms with Gasteiger partial charge in [-0.15, -0.1) is 0 Å². The molecule has 1 fully saturated rings. The molecule has 8 heteroatoms. The van der Waals surface area contributed by atoms with Crippen LogP contribution in [0, 0.1) is 0 Å². The molecule has 2 amide bonds. The summed E-state index contributed by atoms with van der Waals surface area (Å²) >= 11 is 0. The molecular weight excluding hydrogens is 368 g/mol. The molecule has 27 heavy (non-hydrogen) atoms. The summed E-state index contributed by atoms with van der Waals surface area (Å²) in [6, 6.07) is 13.2. The minimum Gasteiger partial charge on any atom is -0.311 e. The molecule has 2 heterocycles. The highest BCUT2D eigenvalue weighted by Crippen LogP contribution is 2.45. The number of anilines is 1. The van der Waals surface area contributed by atoms with Crippen molar-refractivity contribution in [1.82, 2.24) is 5.48 Å². The van der Waals surface area contributed by atoms with Crippen molar-refractivity contribution >= 4 is 27.3 Å². The van der Waals surface area contributed by atoms with Gasteiger partial charge in [0.15, 0.2) is 14.6 Å². The van der Waals surface area contributed by atoms with Crippen LogP contribution in [0.15, 0.2) is 53.4 Å². The maximum atomic E-state index is 13.4. The number of nitrogens with zero attached hydrogens (tertiary/aromatic N) is 1. The van der Waals surface area contributed by atoms with E-state index in [9.17, 15) is 18.0 Å². The third kappa shape index (κ3) is 2.48. The molecule has 1 atom stereocenters. The van der Waals surface area contributed by atoms with Gasteiger partial charge >= 0.3 is 0 Å². The molecule has 0 radical (unpaired) electrons. The average Bonchev–Trinajstić information content (AvgIpc) is 3.03. The summed E-state index contributed by atoms with van der Waals surface area (Å²) in [7, 11) is -3.91. The number of rotatable bonds is 2. The second-order valence-corrected chi connectivity index (χ2v) is 9.03. The lowest BCUT2D eigenvalue weighted by atomic mass is 9.95. The molecule has 1 unspecified atom stereocenters. The smallest absolute Gasteiger partial charge is 0.274 e. The highest BCUT2D eigenvalue weighted by atomic mass is 32.2. The Balaban J connectivity index is 1.75. The minimum absolute atomic E-state index is 0.0894. The fourth-order valence-corrected chi connectivity index (χ4v) is 6.25. The Morgan fingerprint density at radius 2 is 1.85 bits per heavy atom. The molecule has 7 nitrogen and oxygen atoms in total. The van der Waals surface area contributed by atoms with E-state index >= 15 is 0 Å². The number of nitrogens with one attached hydrogen (secondary N) is 1. The van der Waals surface area contributed by atoms with Gasteiger partial charge in [0.05, 0.1) is 4.90 Å². The van der Waals surface area contributed by atoms with Crippen LogP contribution in [-0.4, -0.2) is 36.7 Å². The first kappa shape index (κ1) is 17.7. The van der Waals surface area contributed by atoms with Gasteiger partial charge in [0, 0.05) is 17.8 Å². The summed E-state index contributed by atoms with van der Waals surface area (Å²) in [6.07, 6.45) is 0.783. The van der Waals surface area contributed by atoms with Gasteiger partial charge in [0.25, 0.3) is 5.91 Å². The monoisotopic (exact) mass is 386 g/mol. The Bertz CT molecular complexity index is 1040. The van der Waals surface area contributed by atoms with Gasteiger partial charge in [-0.25, -0.2) is 13.9 Å². The van der Waals surface area contributed by atoms with Crippen LogP contribution in [0.4, 0.5) is 5.69 Å². The molecule has 4 rings (SSSR count). The molecule has 140 valence electrons. The van der Waals surface area contributed by atoms with E-state index in [1.54, 1.807) is 12.1 Å². The summed E-state index contributed by atoms with van der Waals surface area (Å²) in [5.41, 5.74) is 2.89. The van der Waals surface area contributed by atoms with Gasteiger partial charge < -0.3 is 4.90 Å². The normalized spacial score (nSPS) is 23.3. The van der Waals surface area contributed by atoms with Crippen LogP contribution in [0.3, 0.4) is 0 Å². The van der Waals surface area contributed by atoms with Crippen LogP contribution >= 0.6 is 0 Å². The van der Waals surface area contributed by atoms with Gasteiger partial charge in [-0.3, -0.25) is 14.8 Å². The molecule has 0 saturated carbocycles. The predicted octanol–water partition coefficient (Wildman–Crippen LogP) is 1.70. The van der Waals surface area contributed by atoms with Gasteiger partial charge in [0.2, 0.25) is 5.91 Å².